The van der Waals surface area contributed by atoms with Gasteiger partial charge in [0.2, 0.25) is 0 Å². The summed E-state index contributed by atoms with van der Waals surface area (Å²) < 4.78 is 18.3. The maximum atomic E-state index is 13.4. The van der Waals surface area contributed by atoms with E-state index >= 15 is 0 Å². The van der Waals surface area contributed by atoms with Gasteiger partial charge in [0.05, 0.1) is 25.7 Å². The van der Waals surface area contributed by atoms with E-state index in [1.54, 1.807) is 13.2 Å². The molecule has 1 saturated carbocycles. The van der Waals surface area contributed by atoms with Crippen LogP contribution >= 0.6 is 0 Å². The first-order chi connectivity index (χ1) is 17.3. The van der Waals surface area contributed by atoms with E-state index in [9.17, 15) is 4.79 Å². The largest absolute Gasteiger partial charge is 0.497 e. The molecule has 0 aromatic heterocycles. The second kappa shape index (κ2) is 10.6. The zero-order chi connectivity index (χ0) is 25.8. The van der Waals surface area contributed by atoms with E-state index in [-0.39, 0.29) is 10.8 Å². The number of ketones is 1. The molecule has 0 bridgehead atoms. The van der Waals surface area contributed by atoms with E-state index in [4.69, 9.17) is 13.9 Å². The molecule has 0 N–H and O–H groups in total. The first-order valence-corrected chi connectivity index (χ1v) is 14.3. The van der Waals surface area contributed by atoms with Crippen molar-refractivity contribution in [3.05, 3.63) is 103 Å². The molecule has 3 aromatic carbocycles. The molecule has 0 saturated heterocycles. The lowest BCUT2D eigenvalue weighted by atomic mass is 9.66. The van der Waals surface area contributed by atoms with Gasteiger partial charge in [0.15, 0.2) is 5.78 Å². The third-order valence-corrected chi connectivity index (χ3v) is 12.3. The predicted octanol–water partition coefficient (Wildman–Crippen LogP) is 5.30. The summed E-state index contributed by atoms with van der Waals surface area (Å²) >= 11 is 0. The minimum atomic E-state index is -2.74. The summed E-state index contributed by atoms with van der Waals surface area (Å²) in [7, 11) is -1.10. The summed E-state index contributed by atoms with van der Waals surface area (Å²) in [5.41, 5.74) is 0.265. The Kier molecular flexibility index (Phi) is 7.64. The van der Waals surface area contributed by atoms with E-state index < -0.39 is 19.8 Å². The third kappa shape index (κ3) is 4.83. The Balaban J connectivity index is 1.54. The predicted molar refractivity (Wildman–Crippen MR) is 147 cm³/mol. The van der Waals surface area contributed by atoms with Crippen LogP contribution in [-0.4, -0.2) is 33.9 Å². The highest BCUT2D eigenvalue weighted by Crippen LogP contribution is 2.44. The number of carbonyl (C=O) groups excluding carboxylic acids is 1. The fraction of sp³-hybridized carbons (Fsp3) is 0.323. The van der Waals surface area contributed by atoms with Gasteiger partial charge < -0.3 is 13.9 Å². The molecule has 0 aliphatic heterocycles. The van der Waals surface area contributed by atoms with Crippen LogP contribution in [0.3, 0.4) is 0 Å². The average molecular weight is 501 g/mol. The molecule has 2 atom stereocenters. The summed E-state index contributed by atoms with van der Waals surface area (Å²) in [6, 6.07) is 28.7. The van der Waals surface area contributed by atoms with Gasteiger partial charge in [-0.2, -0.15) is 0 Å². The maximum absolute atomic E-state index is 13.4. The highest BCUT2D eigenvalue weighted by atomic mass is 28.4. The summed E-state index contributed by atoms with van der Waals surface area (Å²) in [5.74, 6) is 0.841. The van der Waals surface area contributed by atoms with Crippen LogP contribution in [0, 0.1) is 5.41 Å². The lowest BCUT2D eigenvalue weighted by molar-refractivity contribution is -0.160. The minimum absolute atomic E-state index is 0.0453. The number of carbonyl (C=O) groups is 1. The van der Waals surface area contributed by atoms with Gasteiger partial charge in [0.1, 0.15) is 11.9 Å². The second-order valence-corrected chi connectivity index (χ2v) is 14.8. The van der Waals surface area contributed by atoms with E-state index in [1.807, 2.05) is 36.4 Å². The smallest absolute Gasteiger partial charge is 0.261 e. The van der Waals surface area contributed by atoms with Crippen LogP contribution < -0.4 is 15.1 Å². The van der Waals surface area contributed by atoms with Gasteiger partial charge >= 0.3 is 0 Å². The fourth-order valence-corrected chi connectivity index (χ4v) is 9.77. The number of methoxy groups -OCH3 is 1. The molecular formula is C31H36O4Si. The molecule has 0 spiro atoms. The number of benzene rings is 3. The molecule has 5 heteroatoms. The highest BCUT2D eigenvalue weighted by molar-refractivity contribution is 6.99. The van der Waals surface area contributed by atoms with Crippen LogP contribution in [0.1, 0.15) is 32.8 Å². The van der Waals surface area contributed by atoms with Gasteiger partial charge in [-0.1, -0.05) is 99.6 Å². The van der Waals surface area contributed by atoms with Crippen molar-refractivity contribution in [2.24, 2.45) is 5.41 Å². The number of ether oxygens (including phenoxy) is 2. The number of hydrogen-bond acceptors (Lipinski definition) is 4. The molecule has 0 radical (unpaired) electrons. The first-order valence-electron chi connectivity index (χ1n) is 12.4. The molecule has 36 heavy (non-hydrogen) atoms. The van der Waals surface area contributed by atoms with Gasteiger partial charge in [-0.25, -0.2) is 0 Å². The Morgan fingerprint density at radius 1 is 0.944 bits per heavy atom. The van der Waals surface area contributed by atoms with Crippen molar-refractivity contribution < 1.29 is 18.7 Å². The average Bonchev–Trinajstić information content (AvgIpc) is 2.90. The zero-order valence-electron chi connectivity index (χ0n) is 21.7. The normalized spacial score (nSPS) is 20.0. The Bertz CT molecular complexity index is 1130. The maximum Gasteiger partial charge on any atom is 0.261 e. The molecule has 1 fully saturated rings. The minimum Gasteiger partial charge on any atom is -0.497 e. The van der Waals surface area contributed by atoms with Crippen molar-refractivity contribution in [2.45, 2.75) is 44.9 Å². The molecule has 1 aliphatic rings. The van der Waals surface area contributed by atoms with Crippen molar-refractivity contribution in [3.8, 4) is 5.75 Å². The Morgan fingerprint density at radius 2 is 1.50 bits per heavy atom. The molecule has 4 nitrogen and oxygen atoms in total. The SMILES string of the molecule is C=C[C@]1(CO[Si](c2ccccc2)(c2ccccc2)C(C)(C)C)C[C@@H](OCc2ccc(OC)cc2)C1=O. The molecule has 0 heterocycles. The van der Waals surface area contributed by atoms with E-state index in [0.29, 0.717) is 19.6 Å². The van der Waals surface area contributed by atoms with Crippen LogP contribution in [0.5, 0.6) is 5.75 Å². The molecule has 0 unspecified atom stereocenters. The molecule has 188 valence electrons. The summed E-state index contributed by atoms with van der Waals surface area (Å²) in [6.07, 6.45) is 1.89. The Morgan fingerprint density at radius 3 is 1.94 bits per heavy atom. The Labute approximate surface area is 216 Å². The van der Waals surface area contributed by atoms with Crippen molar-refractivity contribution in [3.63, 3.8) is 0 Å². The van der Waals surface area contributed by atoms with Crippen molar-refractivity contribution >= 4 is 24.5 Å². The van der Waals surface area contributed by atoms with Crippen molar-refractivity contribution in [2.75, 3.05) is 13.7 Å². The monoisotopic (exact) mass is 500 g/mol. The van der Waals surface area contributed by atoms with Crippen molar-refractivity contribution in [1.82, 2.24) is 0 Å². The van der Waals surface area contributed by atoms with Crippen LogP contribution in [0.2, 0.25) is 5.04 Å². The number of rotatable bonds is 10. The van der Waals surface area contributed by atoms with Gasteiger partial charge in [-0.3, -0.25) is 4.79 Å². The van der Waals surface area contributed by atoms with E-state index in [2.05, 4.69) is 75.9 Å². The van der Waals surface area contributed by atoms with Gasteiger partial charge in [-0.05, 0) is 39.5 Å². The quantitative estimate of drug-likeness (QED) is 0.280. The van der Waals surface area contributed by atoms with Crippen molar-refractivity contribution in [1.29, 1.82) is 0 Å². The fourth-order valence-electron chi connectivity index (χ4n) is 5.14. The van der Waals surface area contributed by atoms with Gasteiger partial charge in [-0.15, -0.1) is 6.58 Å². The molecule has 1 aliphatic carbocycles. The summed E-state index contributed by atoms with van der Waals surface area (Å²) in [4.78, 5) is 13.4. The van der Waals surface area contributed by atoms with E-state index in [1.165, 1.54) is 10.4 Å². The lowest BCUT2D eigenvalue weighted by Gasteiger charge is -2.48. The third-order valence-electron chi connectivity index (χ3n) is 7.30. The molecule has 4 rings (SSSR count). The van der Waals surface area contributed by atoms with Crippen LogP contribution in [0.15, 0.2) is 97.6 Å². The van der Waals surface area contributed by atoms with Crippen LogP contribution in [0.4, 0.5) is 0 Å². The lowest BCUT2D eigenvalue weighted by Crippen LogP contribution is -2.68. The highest BCUT2D eigenvalue weighted by Gasteiger charge is 2.56. The standard InChI is InChI=1S/C31H36O4Si/c1-6-31(21-28(29(31)32)34-22-24-17-19-25(33-5)20-18-24)23-35-36(30(2,3)4,26-13-9-7-10-14-26)27-15-11-8-12-16-27/h6-20,28H,1,21-23H2,2-5H3/t28-,31-/m1/s1. The zero-order valence-corrected chi connectivity index (χ0v) is 22.7. The Hall–Kier alpha value is -2.99. The molecule has 3 aromatic rings. The van der Waals surface area contributed by atoms with Gasteiger partial charge in [0.25, 0.3) is 8.32 Å². The number of Topliss-reactive ketones (excluding diaryl/α,β-unsaturated/α-hetero) is 1. The first kappa shape index (κ1) is 26.1. The summed E-state index contributed by atoms with van der Waals surface area (Å²) in [6.45, 7) is 11.4. The molecular weight excluding hydrogens is 464 g/mol. The topological polar surface area (TPSA) is 44.8 Å². The van der Waals surface area contributed by atoms with Crippen LogP contribution in [-0.2, 0) is 20.6 Å². The molecule has 0 amide bonds. The van der Waals surface area contributed by atoms with E-state index in [0.717, 1.165) is 11.3 Å². The second-order valence-electron chi connectivity index (χ2n) is 10.5. The van der Waals surface area contributed by atoms with Gasteiger partial charge in [0, 0.05) is 0 Å². The summed E-state index contributed by atoms with van der Waals surface area (Å²) in [5, 5.41) is 2.23. The van der Waals surface area contributed by atoms with Crippen LogP contribution in [0.25, 0.3) is 0 Å². The number of hydrogen-bond donors (Lipinski definition) is 0.